The number of anilines is 1. The van der Waals surface area contributed by atoms with Crippen LogP contribution < -0.4 is 10.0 Å². The van der Waals surface area contributed by atoms with Gasteiger partial charge in [-0.3, -0.25) is 0 Å². The average molecular weight is 312 g/mol. The molecule has 1 aromatic carbocycles. The number of sulfonamides is 1. The molecule has 0 aliphatic carbocycles. The Hall–Kier alpha value is -1.37. The van der Waals surface area contributed by atoms with E-state index in [0.717, 1.165) is 18.5 Å². The van der Waals surface area contributed by atoms with Gasteiger partial charge in [-0.25, -0.2) is 13.1 Å². The van der Waals surface area contributed by atoms with Crippen molar-refractivity contribution in [3.05, 3.63) is 36.9 Å². The Morgan fingerprint density at radius 3 is 2.52 bits per heavy atom. The fourth-order valence-electron chi connectivity index (χ4n) is 1.61. The minimum atomic E-state index is -3.39. The Labute approximate surface area is 127 Å². The van der Waals surface area contributed by atoms with Gasteiger partial charge in [-0.05, 0) is 37.1 Å². The zero-order chi connectivity index (χ0) is 15.6. The second-order valence-electron chi connectivity index (χ2n) is 4.54. The molecule has 0 fully saturated rings. The second-order valence-corrected chi connectivity index (χ2v) is 6.31. The highest BCUT2D eigenvalue weighted by molar-refractivity contribution is 7.89. The summed E-state index contributed by atoms with van der Waals surface area (Å²) in [5.41, 5.74) is 0.872. The van der Waals surface area contributed by atoms with Crippen LogP contribution in [-0.2, 0) is 14.8 Å². The van der Waals surface area contributed by atoms with E-state index in [1.807, 2.05) is 13.0 Å². The number of nitrogens with one attached hydrogen (secondary N) is 2. The smallest absolute Gasteiger partial charge is 0.240 e. The molecule has 5 nitrogen and oxygen atoms in total. The van der Waals surface area contributed by atoms with Gasteiger partial charge in [-0.2, -0.15) is 0 Å². The molecular formula is C15H24N2O3S. The zero-order valence-corrected chi connectivity index (χ0v) is 13.3. The Balaban J connectivity index is 2.41. The van der Waals surface area contributed by atoms with Gasteiger partial charge < -0.3 is 10.1 Å². The third-order valence-electron chi connectivity index (χ3n) is 2.75. The number of hydrogen-bond donors (Lipinski definition) is 2. The minimum Gasteiger partial charge on any atom is -0.383 e. The standard InChI is InChI=1S/C15H24N2O3S/c1-3-5-12-20-13-11-16-14-6-8-15(9-7-14)21(18,19)17-10-4-2/h3,6-9,16-17H,1,4-5,10-13H2,2H3. The van der Waals surface area contributed by atoms with Gasteiger partial charge in [-0.15, -0.1) is 6.58 Å². The van der Waals surface area contributed by atoms with Crippen LogP contribution in [0.15, 0.2) is 41.8 Å². The van der Waals surface area contributed by atoms with Gasteiger partial charge in [0.15, 0.2) is 0 Å². The van der Waals surface area contributed by atoms with Gasteiger partial charge in [0, 0.05) is 18.8 Å². The lowest BCUT2D eigenvalue weighted by Gasteiger charge is -2.09. The van der Waals surface area contributed by atoms with Gasteiger partial charge in [-0.1, -0.05) is 13.0 Å². The van der Waals surface area contributed by atoms with Crippen molar-refractivity contribution < 1.29 is 13.2 Å². The van der Waals surface area contributed by atoms with E-state index >= 15 is 0 Å². The van der Waals surface area contributed by atoms with Crippen LogP contribution in [0, 0.1) is 0 Å². The molecule has 0 unspecified atom stereocenters. The molecule has 0 bridgehead atoms. The lowest BCUT2D eigenvalue weighted by molar-refractivity contribution is 0.149. The van der Waals surface area contributed by atoms with E-state index in [-0.39, 0.29) is 4.90 Å². The molecule has 0 aliphatic heterocycles. The molecule has 0 atom stereocenters. The monoisotopic (exact) mass is 312 g/mol. The topological polar surface area (TPSA) is 67.4 Å². The summed E-state index contributed by atoms with van der Waals surface area (Å²) in [6.45, 7) is 7.95. The highest BCUT2D eigenvalue weighted by Crippen LogP contribution is 2.13. The molecule has 118 valence electrons. The summed E-state index contributed by atoms with van der Waals surface area (Å²) in [6.07, 6.45) is 3.43. The molecule has 0 radical (unpaired) electrons. The molecule has 0 saturated heterocycles. The first-order valence-electron chi connectivity index (χ1n) is 7.12. The summed E-state index contributed by atoms with van der Waals surface area (Å²) in [4.78, 5) is 0.281. The normalized spacial score (nSPS) is 11.3. The first kappa shape index (κ1) is 17.7. The molecule has 1 aromatic rings. The van der Waals surface area contributed by atoms with Gasteiger partial charge in [0.2, 0.25) is 10.0 Å². The Kier molecular flexibility index (Phi) is 8.04. The lowest BCUT2D eigenvalue weighted by atomic mass is 10.3. The fourth-order valence-corrected chi connectivity index (χ4v) is 2.74. The molecule has 0 aromatic heterocycles. The van der Waals surface area contributed by atoms with Crippen LogP contribution in [0.5, 0.6) is 0 Å². The van der Waals surface area contributed by atoms with E-state index < -0.39 is 10.0 Å². The summed E-state index contributed by atoms with van der Waals surface area (Å²) in [5.74, 6) is 0. The van der Waals surface area contributed by atoms with E-state index in [0.29, 0.717) is 26.3 Å². The van der Waals surface area contributed by atoms with Crippen molar-refractivity contribution in [3.8, 4) is 0 Å². The fraction of sp³-hybridized carbons (Fsp3) is 0.467. The first-order valence-corrected chi connectivity index (χ1v) is 8.60. The molecule has 0 saturated carbocycles. The molecule has 0 spiro atoms. The summed E-state index contributed by atoms with van der Waals surface area (Å²) in [5, 5.41) is 3.18. The van der Waals surface area contributed by atoms with Crippen LogP contribution >= 0.6 is 0 Å². The minimum absolute atomic E-state index is 0.281. The number of rotatable bonds is 11. The second kappa shape index (κ2) is 9.55. The summed E-state index contributed by atoms with van der Waals surface area (Å²) >= 11 is 0. The maximum absolute atomic E-state index is 11.9. The van der Waals surface area contributed by atoms with Crippen LogP contribution in [0.25, 0.3) is 0 Å². The molecule has 0 aliphatic rings. The zero-order valence-electron chi connectivity index (χ0n) is 12.5. The summed E-state index contributed by atoms with van der Waals surface area (Å²) < 4.78 is 31.7. The number of hydrogen-bond acceptors (Lipinski definition) is 4. The average Bonchev–Trinajstić information content (AvgIpc) is 2.49. The Morgan fingerprint density at radius 1 is 1.19 bits per heavy atom. The predicted octanol–water partition coefficient (Wildman–Crippen LogP) is 2.38. The van der Waals surface area contributed by atoms with E-state index in [9.17, 15) is 8.42 Å². The SMILES string of the molecule is C=CCCOCCNc1ccc(S(=O)(=O)NCCC)cc1. The van der Waals surface area contributed by atoms with Crippen LogP contribution in [0.3, 0.4) is 0 Å². The molecule has 0 heterocycles. The van der Waals surface area contributed by atoms with E-state index in [4.69, 9.17) is 4.74 Å². The molecular weight excluding hydrogens is 288 g/mol. The first-order chi connectivity index (χ1) is 10.1. The van der Waals surface area contributed by atoms with Gasteiger partial charge in [0.1, 0.15) is 0 Å². The van der Waals surface area contributed by atoms with E-state index in [1.54, 1.807) is 24.3 Å². The maximum atomic E-state index is 11.9. The van der Waals surface area contributed by atoms with Crippen LogP contribution in [0.2, 0.25) is 0 Å². The lowest BCUT2D eigenvalue weighted by Crippen LogP contribution is -2.24. The highest BCUT2D eigenvalue weighted by Gasteiger charge is 2.12. The molecule has 21 heavy (non-hydrogen) atoms. The van der Waals surface area contributed by atoms with E-state index in [1.165, 1.54) is 0 Å². The van der Waals surface area contributed by atoms with Crippen LogP contribution in [-0.4, -0.2) is 34.7 Å². The van der Waals surface area contributed by atoms with Gasteiger partial charge in [0.25, 0.3) is 0 Å². The van der Waals surface area contributed by atoms with Crippen molar-refractivity contribution in [1.82, 2.24) is 4.72 Å². The van der Waals surface area contributed by atoms with Crippen molar-refractivity contribution in [2.45, 2.75) is 24.7 Å². The maximum Gasteiger partial charge on any atom is 0.240 e. The largest absolute Gasteiger partial charge is 0.383 e. The molecule has 2 N–H and O–H groups in total. The van der Waals surface area contributed by atoms with E-state index in [2.05, 4.69) is 16.6 Å². The molecule has 0 amide bonds. The third-order valence-corrected chi connectivity index (χ3v) is 4.23. The number of benzene rings is 1. The van der Waals surface area contributed by atoms with Gasteiger partial charge in [0.05, 0.1) is 18.1 Å². The van der Waals surface area contributed by atoms with Crippen LogP contribution in [0.1, 0.15) is 19.8 Å². The number of ether oxygens (including phenoxy) is 1. The summed E-state index contributed by atoms with van der Waals surface area (Å²) in [6, 6.07) is 6.70. The molecule has 1 rings (SSSR count). The van der Waals surface area contributed by atoms with Crippen molar-refractivity contribution in [1.29, 1.82) is 0 Å². The Bertz CT molecular complexity index is 512. The van der Waals surface area contributed by atoms with Crippen molar-refractivity contribution in [3.63, 3.8) is 0 Å². The van der Waals surface area contributed by atoms with Crippen LogP contribution in [0.4, 0.5) is 5.69 Å². The third kappa shape index (κ3) is 6.75. The summed E-state index contributed by atoms with van der Waals surface area (Å²) in [7, 11) is -3.39. The van der Waals surface area contributed by atoms with Crippen molar-refractivity contribution in [2.75, 3.05) is 31.6 Å². The van der Waals surface area contributed by atoms with Crippen molar-refractivity contribution in [2.24, 2.45) is 0 Å². The Morgan fingerprint density at radius 2 is 1.90 bits per heavy atom. The quantitative estimate of drug-likeness (QED) is 0.486. The predicted molar refractivity (Wildman–Crippen MR) is 86.0 cm³/mol. The molecule has 6 heteroatoms. The van der Waals surface area contributed by atoms with Gasteiger partial charge >= 0.3 is 0 Å². The van der Waals surface area contributed by atoms with Crippen molar-refractivity contribution >= 4 is 15.7 Å². The highest BCUT2D eigenvalue weighted by atomic mass is 32.2.